The molecule has 4 amide bonds. The standard InChI is InChI=1S/C40H41N7O8/c48-32(46(22-33(49)50)20-19-41-39(52)54-23-31-29-17-9-7-15-27(29)28-16-8-10-18-30(28)31)21-47-24-42-34-36(47)43-38(44-37(34)51)45-40(53)55-35(25-11-3-1-4-12-25)26-13-5-2-6-14-26/h1-18,31,34-36,38,42-43H,19-24H2,(H,41,52)(H,44,51)(H,45,53)(H,49,50). The van der Waals surface area contributed by atoms with Gasteiger partial charge in [-0.1, -0.05) is 109 Å². The largest absolute Gasteiger partial charge is 0.480 e. The van der Waals surface area contributed by atoms with Crippen molar-refractivity contribution in [2.45, 2.75) is 30.5 Å². The molecule has 7 rings (SSSR count). The first-order valence-corrected chi connectivity index (χ1v) is 17.9. The Hall–Kier alpha value is -6.29. The molecule has 4 aromatic carbocycles. The minimum atomic E-state index is -1.23. The number of nitrogens with one attached hydrogen (secondary N) is 5. The highest BCUT2D eigenvalue weighted by Crippen LogP contribution is 2.44. The quantitative estimate of drug-likeness (QED) is 0.118. The van der Waals surface area contributed by atoms with Crippen molar-refractivity contribution in [3.8, 4) is 11.1 Å². The number of benzene rings is 4. The van der Waals surface area contributed by atoms with Gasteiger partial charge in [-0.15, -0.1) is 0 Å². The predicted molar refractivity (Wildman–Crippen MR) is 199 cm³/mol. The Morgan fingerprint density at radius 1 is 0.836 bits per heavy atom. The number of ether oxygens (including phenoxy) is 2. The number of hydrogen-bond donors (Lipinski definition) is 6. The van der Waals surface area contributed by atoms with Gasteiger partial charge in [-0.05, 0) is 33.4 Å². The summed E-state index contributed by atoms with van der Waals surface area (Å²) in [6, 6.07) is 33.7. The Balaban J connectivity index is 0.917. The Labute approximate surface area is 317 Å². The Kier molecular flexibility index (Phi) is 11.3. The molecule has 0 saturated carbocycles. The maximum Gasteiger partial charge on any atom is 0.410 e. The van der Waals surface area contributed by atoms with Crippen LogP contribution in [0.4, 0.5) is 9.59 Å². The maximum absolute atomic E-state index is 13.5. The van der Waals surface area contributed by atoms with Crippen LogP contribution in [0.3, 0.4) is 0 Å². The summed E-state index contributed by atoms with van der Waals surface area (Å²) in [6.07, 6.45) is -3.96. The molecule has 1 aliphatic carbocycles. The zero-order chi connectivity index (χ0) is 38.3. The molecule has 2 saturated heterocycles. The number of carbonyl (C=O) groups is 5. The van der Waals surface area contributed by atoms with E-state index in [0.29, 0.717) is 0 Å². The molecule has 0 bridgehead atoms. The van der Waals surface area contributed by atoms with Crippen molar-refractivity contribution in [1.82, 2.24) is 36.4 Å². The highest BCUT2D eigenvalue weighted by atomic mass is 16.6. The molecule has 3 atom stereocenters. The molecule has 0 aromatic heterocycles. The van der Waals surface area contributed by atoms with E-state index < -0.39 is 61.1 Å². The summed E-state index contributed by atoms with van der Waals surface area (Å²) in [6.45, 7) is -0.776. The molecule has 0 radical (unpaired) electrons. The van der Waals surface area contributed by atoms with Crippen LogP contribution >= 0.6 is 0 Å². The Morgan fingerprint density at radius 2 is 1.44 bits per heavy atom. The van der Waals surface area contributed by atoms with E-state index in [1.807, 2.05) is 109 Å². The number of aliphatic carboxylic acids is 1. The number of carbonyl (C=O) groups excluding carboxylic acids is 4. The molecule has 15 nitrogen and oxygen atoms in total. The number of fused-ring (bicyclic) bond motifs is 4. The number of carboxylic acids is 1. The zero-order valence-corrected chi connectivity index (χ0v) is 29.7. The van der Waals surface area contributed by atoms with E-state index in [1.54, 1.807) is 4.90 Å². The number of alkyl carbamates (subject to hydrolysis) is 2. The van der Waals surface area contributed by atoms with Gasteiger partial charge >= 0.3 is 18.2 Å². The minimum absolute atomic E-state index is 0.0539. The van der Waals surface area contributed by atoms with Gasteiger partial charge in [0.1, 0.15) is 19.2 Å². The van der Waals surface area contributed by atoms with Crippen molar-refractivity contribution >= 4 is 30.0 Å². The molecule has 0 spiro atoms. The van der Waals surface area contributed by atoms with Crippen molar-refractivity contribution in [3.05, 3.63) is 131 Å². The molecule has 3 aliphatic rings. The van der Waals surface area contributed by atoms with Gasteiger partial charge < -0.3 is 30.1 Å². The normalized spacial score (nSPS) is 18.7. The van der Waals surface area contributed by atoms with Crippen molar-refractivity contribution < 1.29 is 38.6 Å². The van der Waals surface area contributed by atoms with Crippen molar-refractivity contribution in [2.24, 2.45) is 0 Å². The van der Waals surface area contributed by atoms with Crippen LogP contribution in [0.5, 0.6) is 0 Å². The lowest BCUT2D eigenvalue weighted by atomic mass is 9.98. The predicted octanol–water partition coefficient (Wildman–Crippen LogP) is 2.51. The van der Waals surface area contributed by atoms with Crippen LogP contribution in [-0.2, 0) is 23.9 Å². The first-order chi connectivity index (χ1) is 26.7. The van der Waals surface area contributed by atoms with Gasteiger partial charge in [-0.3, -0.25) is 35.2 Å². The number of nitrogens with zero attached hydrogens (tertiary/aromatic N) is 2. The summed E-state index contributed by atoms with van der Waals surface area (Å²) >= 11 is 0. The molecule has 2 heterocycles. The van der Waals surface area contributed by atoms with E-state index >= 15 is 0 Å². The summed E-state index contributed by atoms with van der Waals surface area (Å²) < 4.78 is 11.4. The minimum Gasteiger partial charge on any atom is -0.480 e. The second kappa shape index (κ2) is 16.8. The molecule has 15 heteroatoms. The topological polar surface area (TPSA) is 191 Å². The molecular formula is C40H41N7O8. The maximum atomic E-state index is 13.5. The van der Waals surface area contributed by atoms with Crippen molar-refractivity contribution in [2.75, 3.05) is 39.5 Å². The molecule has 284 valence electrons. The average molecular weight is 748 g/mol. The van der Waals surface area contributed by atoms with Crippen LogP contribution in [0.1, 0.15) is 34.3 Å². The zero-order valence-electron chi connectivity index (χ0n) is 29.7. The summed E-state index contributed by atoms with van der Waals surface area (Å²) in [7, 11) is 0. The first-order valence-electron chi connectivity index (χ1n) is 17.9. The van der Waals surface area contributed by atoms with Gasteiger partial charge in [0.15, 0.2) is 12.4 Å². The number of rotatable bonds is 13. The second-order valence-corrected chi connectivity index (χ2v) is 13.4. The van der Waals surface area contributed by atoms with E-state index in [1.165, 1.54) is 0 Å². The number of amides is 4. The fourth-order valence-corrected chi connectivity index (χ4v) is 7.26. The number of carboxylic acid groups (broad SMARTS) is 1. The van der Waals surface area contributed by atoms with E-state index in [-0.39, 0.29) is 38.8 Å². The van der Waals surface area contributed by atoms with E-state index in [4.69, 9.17) is 9.47 Å². The van der Waals surface area contributed by atoms with Gasteiger partial charge in [0, 0.05) is 19.0 Å². The van der Waals surface area contributed by atoms with E-state index in [0.717, 1.165) is 38.3 Å². The SMILES string of the molecule is O=C(O)CN(CCNC(=O)OCC1c2ccccc2-c2ccccc21)C(=O)CN1CNC2C(=O)NC(NC(=O)OC(c3ccccc3)c3ccccc3)NC21. The third-order valence-electron chi connectivity index (χ3n) is 9.83. The van der Waals surface area contributed by atoms with Crippen LogP contribution in [0.25, 0.3) is 11.1 Å². The first kappa shape index (κ1) is 37.0. The van der Waals surface area contributed by atoms with E-state index in [2.05, 4.69) is 26.6 Å². The van der Waals surface area contributed by atoms with Gasteiger partial charge in [0.2, 0.25) is 11.8 Å². The van der Waals surface area contributed by atoms with Crippen LogP contribution in [0, 0.1) is 0 Å². The summed E-state index contributed by atoms with van der Waals surface area (Å²) in [5, 5.41) is 23.7. The fraction of sp³-hybridized carbons (Fsp3) is 0.275. The molecule has 2 fully saturated rings. The van der Waals surface area contributed by atoms with Gasteiger partial charge in [0.05, 0.1) is 19.4 Å². The smallest absolute Gasteiger partial charge is 0.410 e. The highest BCUT2D eigenvalue weighted by molar-refractivity contribution is 5.86. The van der Waals surface area contributed by atoms with Crippen LogP contribution < -0.4 is 26.6 Å². The summed E-state index contributed by atoms with van der Waals surface area (Å²) in [4.78, 5) is 66.9. The third kappa shape index (κ3) is 8.59. The van der Waals surface area contributed by atoms with Crippen LogP contribution in [0.2, 0.25) is 0 Å². The van der Waals surface area contributed by atoms with Gasteiger partial charge in [0.25, 0.3) is 0 Å². The third-order valence-corrected chi connectivity index (χ3v) is 9.83. The fourth-order valence-electron chi connectivity index (χ4n) is 7.26. The van der Waals surface area contributed by atoms with Crippen LogP contribution in [0.15, 0.2) is 109 Å². The van der Waals surface area contributed by atoms with Crippen molar-refractivity contribution in [1.29, 1.82) is 0 Å². The van der Waals surface area contributed by atoms with Crippen molar-refractivity contribution in [3.63, 3.8) is 0 Å². The lowest BCUT2D eigenvalue weighted by molar-refractivity contribution is -0.145. The molecule has 4 aromatic rings. The number of hydrogen-bond acceptors (Lipinski definition) is 10. The summed E-state index contributed by atoms with van der Waals surface area (Å²) in [5.74, 6) is -2.31. The highest BCUT2D eigenvalue weighted by Gasteiger charge is 2.45. The van der Waals surface area contributed by atoms with Crippen LogP contribution in [-0.4, -0.2) is 103 Å². The molecule has 3 unspecified atom stereocenters. The molecule has 55 heavy (non-hydrogen) atoms. The Bertz CT molecular complexity index is 1950. The lowest BCUT2D eigenvalue weighted by Gasteiger charge is -2.37. The molecule has 6 N–H and O–H groups in total. The molecule has 2 aliphatic heterocycles. The monoisotopic (exact) mass is 747 g/mol. The van der Waals surface area contributed by atoms with E-state index in [9.17, 15) is 29.1 Å². The Morgan fingerprint density at radius 3 is 2.05 bits per heavy atom. The summed E-state index contributed by atoms with van der Waals surface area (Å²) in [5.41, 5.74) is 5.86. The lowest BCUT2D eigenvalue weighted by Crippen LogP contribution is -2.71. The van der Waals surface area contributed by atoms with Gasteiger partial charge in [-0.2, -0.15) is 0 Å². The van der Waals surface area contributed by atoms with Gasteiger partial charge in [-0.25, -0.2) is 9.59 Å². The molecular weight excluding hydrogens is 706 g/mol. The average Bonchev–Trinajstić information content (AvgIpc) is 3.75. The second-order valence-electron chi connectivity index (χ2n) is 13.4.